The first-order valence-electron chi connectivity index (χ1n) is 6.72. The van der Waals surface area contributed by atoms with E-state index in [1.54, 1.807) is 20.2 Å². The minimum Gasteiger partial charge on any atom is -0.302 e. The van der Waals surface area contributed by atoms with Gasteiger partial charge in [0.1, 0.15) is 6.04 Å². The molecule has 0 saturated carbocycles. The standard InChI is InChI=1S/C14H18F3N3O/c1-4-7-18-12(14(15,16)17)9-5-6-10-11(8-9)20(3)13(21)19(10)2/h5-6,8,12,18H,4,7H2,1-3H3. The van der Waals surface area contributed by atoms with E-state index in [4.69, 9.17) is 0 Å². The first-order chi connectivity index (χ1) is 9.77. The quantitative estimate of drug-likeness (QED) is 0.942. The Morgan fingerprint density at radius 2 is 1.81 bits per heavy atom. The van der Waals surface area contributed by atoms with Gasteiger partial charge < -0.3 is 5.32 Å². The van der Waals surface area contributed by atoms with Gasteiger partial charge in [0, 0.05) is 14.1 Å². The van der Waals surface area contributed by atoms with Gasteiger partial charge >= 0.3 is 11.9 Å². The second-order valence-electron chi connectivity index (χ2n) is 5.08. The summed E-state index contributed by atoms with van der Waals surface area (Å²) >= 11 is 0. The number of rotatable bonds is 4. The Bertz CT molecular complexity index is 700. The molecule has 1 aromatic heterocycles. The number of aryl methyl sites for hydroxylation is 2. The molecule has 0 aliphatic rings. The number of fused-ring (bicyclic) bond motifs is 1. The summed E-state index contributed by atoms with van der Waals surface area (Å²) in [6.07, 6.45) is -3.77. The molecule has 0 aliphatic heterocycles. The van der Waals surface area contributed by atoms with Gasteiger partial charge in [-0.3, -0.25) is 9.13 Å². The van der Waals surface area contributed by atoms with Crippen LogP contribution in [0.3, 0.4) is 0 Å². The minimum atomic E-state index is -4.38. The predicted octanol–water partition coefficient (Wildman–Crippen LogP) is 2.48. The fourth-order valence-corrected chi connectivity index (χ4v) is 2.41. The highest BCUT2D eigenvalue weighted by molar-refractivity contribution is 5.77. The number of nitrogens with zero attached hydrogens (tertiary/aromatic N) is 2. The van der Waals surface area contributed by atoms with Crippen molar-refractivity contribution in [1.82, 2.24) is 14.5 Å². The van der Waals surface area contributed by atoms with Crippen LogP contribution in [0.4, 0.5) is 13.2 Å². The summed E-state index contributed by atoms with van der Waals surface area (Å²) in [4.78, 5) is 11.8. The smallest absolute Gasteiger partial charge is 0.302 e. The third-order valence-corrected chi connectivity index (χ3v) is 3.56. The molecule has 0 radical (unpaired) electrons. The summed E-state index contributed by atoms with van der Waals surface area (Å²) in [6.45, 7) is 2.08. The fourth-order valence-electron chi connectivity index (χ4n) is 2.41. The highest BCUT2D eigenvalue weighted by atomic mass is 19.4. The van der Waals surface area contributed by atoms with Crippen LogP contribution in [0.5, 0.6) is 0 Å². The molecule has 4 nitrogen and oxygen atoms in total. The Hall–Kier alpha value is -1.76. The maximum Gasteiger partial charge on any atom is 0.407 e. The Morgan fingerprint density at radius 3 is 2.38 bits per heavy atom. The maximum absolute atomic E-state index is 13.2. The van der Waals surface area contributed by atoms with Gasteiger partial charge in [0.2, 0.25) is 0 Å². The third kappa shape index (κ3) is 2.83. The summed E-state index contributed by atoms with van der Waals surface area (Å²) in [7, 11) is 3.15. The van der Waals surface area contributed by atoms with Crippen molar-refractivity contribution in [2.45, 2.75) is 25.6 Å². The predicted molar refractivity (Wildman–Crippen MR) is 75.2 cm³/mol. The molecule has 0 amide bonds. The lowest BCUT2D eigenvalue weighted by atomic mass is 10.1. The van der Waals surface area contributed by atoms with Crippen molar-refractivity contribution >= 4 is 11.0 Å². The summed E-state index contributed by atoms with van der Waals surface area (Å²) in [6, 6.07) is 2.68. The van der Waals surface area contributed by atoms with Crippen LogP contribution in [-0.2, 0) is 14.1 Å². The van der Waals surface area contributed by atoms with Gasteiger partial charge in [0.05, 0.1) is 11.0 Å². The summed E-state index contributed by atoms with van der Waals surface area (Å²) in [5.74, 6) is 0. The van der Waals surface area contributed by atoms with Crippen LogP contribution >= 0.6 is 0 Å². The second kappa shape index (κ2) is 5.55. The highest BCUT2D eigenvalue weighted by Crippen LogP contribution is 2.33. The number of hydrogen-bond acceptors (Lipinski definition) is 2. The molecular formula is C14H18F3N3O. The van der Waals surface area contributed by atoms with Crippen LogP contribution < -0.4 is 11.0 Å². The molecule has 1 atom stereocenters. The Morgan fingerprint density at radius 1 is 1.19 bits per heavy atom. The number of nitrogens with one attached hydrogen (secondary N) is 1. The van der Waals surface area contributed by atoms with Gasteiger partial charge in [-0.05, 0) is 30.7 Å². The number of benzene rings is 1. The lowest BCUT2D eigenvalue weighted by molar-refractivity contribution is -0.157. The molecule has 7 heteroatoms. The molecule has 0 bridgehead atoms. The Labute approximate surface area is 120 Å². The van der Waals surface area contributed by atoms with Crippen LogP contribution in [-0.4, -0.2) is 21.9 Å². The van der Waals surface area contributed by atoms with Crippen LogP contribution in [0.25, 0.3) is 11.0 Å². The van der Waals surface area contributed by atoms with Crippen LogP contribution in [0.2, 0.25) is 0 Å². The normalized spacial score (nSPS) is 13.8. The molecule has 0 spiro atoms. The zero-order chi connectivity index (χ0) is 15.8. The number of imidazole rings is 1. The van der Waals surface area contributed by atoms with Crippen molar-refractivity contribution in [3.63, 3.8) is 0 Å². The fraction of sp³-hybridized carbons (Fsp3) is 0.500. The van der Waals surface area contributed by atoms with E-state index in [0.717, 1.165) is 0 Å². The van der Waals surface area contributed by atoms with Crippen LogP contribution in [0.15, 0.2) is 23.0 Å². The van der Waals surface area contributed by atoms with Crippen molar-refractivity contribution in [2.75, 3.05) is 6.54 Å². The highest BCUT2D eigenvalue weighted by Gasteiger charge is 2.40. The van der Waals surface area contributed by atoms with Crippen LogP contribution in [0.1, 0.15) is 24.9 Å². The van der Waals surface area contributed by atoms with Crippen molar-refractivity contribution in [1.29, 1.82) is 0 Å². The molecule has 116 valence electrons. The second-order valence-corrected chi connectivity index (χ2v) is 5.08. The molecule has 1 N–H and O–H groups in total. The van der Waals surface area contributed by atoms with Gasteiger partial charge in [0.15, 0.2) is 0 Å². The van der Waals surface area contributed by atoms with E-state index in [1.807, 2.05) is 6.92 Å². The zero-order valence-electron chi connectivity index (χ0n) is 12.2. The first-order valence-corrected chi connectivity index (χ1v) is 6.72. The number of halogens is 3. The summed E-state index contributed by atoms with van der Waals surface area (Å²) in [5.41, 5.74) is 0.965. The van der Waals surface area contributed by atoms with Gasteiger partial charge in [-0.25, -0.2) is 4.79 Å². The van der Waals surface area contributed by atoms with Gasteiger partial charge in [-0.15, -0.1) is 0 Å². The van der Waals surface area contributed by atoms with E-state index >= 15 is 0 Å². The van der Waals surface area contributed by atoms with Crippen molar-refractivity contribution in [2.24, 2.45) is 14.1 Å². The molecular weight excluding hydrogens is 283 g/mol. The summed E-state index contributed by atoms with van der Waals surface area (Å²) in [5, 5.41) is 2.51. The Kier molecular flexibility index (Phi) is 4.13. The van der Waals surface area contributed by atoms with Crippen molar-refractivity contribution in [3.05, 3.63) is 34.2 Å². The molecule has 0 saturated heterocycles. The number of alkyl halides is 3. The molecule has 2 aromatic rings. The first kappa shape index (κ1) is 15.6. The SMILES string of the molecule is CCCNC(c1ccc2c(c1)n(C)c(=O)n2C)C(F)(F)F. The monoisotopic (exact) mass is 301 g/mol. The average molecular weight is 301 g/mol. The zero-order valence-corrected chi connectivity index (χ0v) is 12.2. The largest absolute Gasteiger partial charge is 0.407 e. The molecule has 1 aromatic carbocycles. The Balaban J connectivity index is 2.54. The minimum absolute atomic E-state index is 0.115. The van der Waals surface area contributed by atoms with E-state index in [-0.39, 0.29) is 17.8 Å². The van der Waals surface area contributed by atoms with E-state index in [2.05, 4.69) is 5.32 Å². The molecule has 1 unspecified atom stereocenters. The molecule has 0 aliphatic carbocycles. The lowest BCUT2D eigenvalue weighted by Gasteiger charge is -2.22. The molecule has 21 heavy (non-hydrogen) atoms. The van der Waals surface area contributed by atoms with Gasteiger partial charge in [-0.2, -0.15) is 13.2 Å². The summed E-state index contributed by atoms with van der Waals surface area (Å²) < 4.78 is 42.3. The van der Waals surface area contributed by atoms with Gasteiger partial charge in [-0.1, -0.05) is 13.0 Å². The van der Waals surface area contributed by atoms with E-state index < -0.39 is 12.2 Å². The third-order valence-electron chi connectivity index (χ3n) is 3.56. The molecule has 1 heterocycles. The van der Waals surface area contributed by atoms with E-state index in [1.165, 1.54) is 21.3 Å². The molecule has 2 rings (SSSR count). The van der Waals surface area contributed by atoms with Crippen molar-refractivity contribution < 1.29 is 13.2 Å². The van der Waals surface area contributed by atoms with Gasteiger partial charge in [0.25, 0.3) is 0 Å². The lowest BCUT2D eigenvalue weighted by Crippen LogP contribution is -2.34. The van der Waals surface area contributed by atoms with E-state index in [0.29, 0.717) is 17.5 Å². The average Bonchev–Trinajstić information content (AvgIpc) is 2.63. The molecule has 0 fully saturated rings. The maximum atomic E-state index is 13.2. The number of hydrogen-bond donors (Lipinski definition) is 1. The van der Waals surface area contributed by atoms with E-state index in [9.17, 15) is 18.0 Å². The topological polar surface area (TPSA) is 39.0 Å². The van der Waals surface area contributed by atoms with Crippen LogP contribution in [0, 0.1) is 0 Å². The number of aromatic nitrogens is 2. The van der Waals surface area contributed by atoms with Crippen molar-refractivity contribution in [3.8, 4) is 0 Å².